The quantitative estimate of drug-likeness (QED) is 0.688. The SMILES string of the molecule is BrCC1CCCN1C1CC2CCC1C2. The Balaban J connectivity index is 1.70. The van der Waals surface area contributed by atoms with Crippen LogP contribution in [-0.2, 0) is 0 Å². The maximum Gasteiger partial charge on any atom is 0.0196 e. The number of fused-ring (bicyclic) bond motifs is 2. The maximum atomic E-state index is 3.68. The van der Waals surface area contributed by atoms with Crippen LogP contribution in [0.5, 0.6) is 0 Å². The summed E-state index contributed by atoms with van der Waals surface area (Å²) < 4.78 is 0. The van der Waals surface area contributed by atoms with E-state index in [2.05, 4.69) is 20.8 Å². The van der Waals surface area contributed by atoms with Crippen molar-refractivity contribution in [1.82, 2.24) is 4.90 Å². The topological polar surface area (TPSA) is 3.24 Å². The van der Waals surface area contributed by atoms with Crippen LogP contribution < -0.4 is 0 Å². The van der Waals surface area contributed by atoms with Crippen molar-refractivity contribution in [1.29, 1.82) is 0 Å². The minimum atomic E-state index is 0.861. The zero-order chi connectivity index (χ0) is 9.54. The summed E-state index contributed by atoms with van der Waals surface area (Å²) in [5, 5.41) is 1.20. The molecule has 3 rings (SSSR count). The number of likely N-dealkylation sites (tertiary alicyclic amines) is 1. The first kappa shape index (κ1) is 9.65. The zero-order valence-electron chi connectivity index (χ0n) is 8.79. The molecular formula is C12H20BrN. The zero-order valence-corrected chi connectivity index (χ0v) is 10.4. The highest BCUT2D eigenvalue weighted by atomic mass is 79.9. The molecule has 0 N–H and O–H groups in total. The average Bonchev–Trinajstić information content (AvgIpc) is 2.92. The van der Waals surface area contributed by atoms with Crippen LogP contribution in [0.2, 0.25) is 0 Å². The summed E-state index contributed by atoms with van der Waals surface area (Å²) in [5.74, 6) is 2.17. The van der Waals surface area contributed by atoms with Crippen LogP contribution in [0.4, 0.5) is 0 Å². The first-order valence-electron chi connectivity index (χ1n) is 6.20. The lowest BCUT2D eigenvalue weighted by atomic mass is 9.93. The number of alkyl halides is 1. The lowest BCUT2D eigenvalue weighted by molar-refractivity contribution is 0.139. The molecule has 3 aliphatic rings. The first-order valence-corrected chi connectivity index (χ1v) is 7.32. The fraction of sp³-hybridized carbons (Fsp3) is 1.00. The number of halogens is 1. The van der Waals surface area contributed by atoms with Crippen molar-refractivity contribution in [3.05, 3.63) is 0 Å². The highest BCUT2D eigenvalue weighted by molar-refractivity contribution is 9.09. The summed E-state index contributed by atoms with van der Waals surface area (Å²) >= 11 is 3.68. The highest BCUT2D eigenvalue weighted by Crippen LogP contribution is 2.48. The molecule has 2 bridgehead atoms. The predicted octanol–water partition coefficient (Wildman–Crippen LogP) is 3.03. The van der Waals surface area contributed by atoms with Gasteiger partial charge in [0.05, 0.1) is 0 Å². The summed E-state index contributed by atoms with van der Waals surface area (Å²) in [6.07, 6.45) is 9.00. The Morgan fingerprint density at radius 3 is 2.71 bits per heavy atom. The van der Waals surface area contributed by atoms with E-state index in [9.17, 15) is 0 Å². The van der Waals surface area contributed by atoms with Gasteiger partial charge in [-0.05, 0) is 50.5 Å². The lowest BCUT2D eigenvalue weighted by Gasteiger charge is -2.35. The summed E-state index contributed by atoms with van der Waals surface area (Å²) in [6, 6.07) is 1.83. The molecule has 2 aliphatic carbocycles. The Morgan fingerprint density at radius 2 is 2.07 bits per heavy atom. The van der Waals surface area contributed by atoms with Crippen molar-refractivity contribution >= 4 is 15.9 Å². The van der Waals surface area contributed by atoms with Crippen LogP contribution in [0.1, 0.15) is 38.5 Å². The van der Waals surface area contributed by atoms with Crippen molar-refractivity contribution in [2.24, 2.45) is 11.8 Å². The van der Waals surface area contributed by atoms with Gasteiger partial charge in [-0.2, -0.15) is 0 Å². The molecule has 1 saturated heterocycles. The van der Waals surface area contributed by atoms with Gasteiger partial charge in [0.1, 0.15) is 0 Å². The molecule has 1 nitrogen and oxygen atoms in total. The molecule has 0 aromatic rings. The molecule has 0 aromatic heterocycles. The summed E-state index contributed by atoms with van der Waals surface area (Å²) in [7, 11) is 0. The standard InChI is InChI=1S/C12H20BrN/c13-8-11-2-1-5-14(11)12-7-9-3-4-10(12)6-9/h9-12H,1-8H2. The van der Waals surface area contributed by atoms with E-state index in [1.54, 1.807) is 6.42 Å². The molecule has 0 amide bonds. The van der Waals surface area contributed by atoms with E-state index in [1.807, 2.05) is 0 Å². The molecule has 2 saturated carbocycles. The Bertz CT molecular complexity index is 214. The average molecular weight is 258 g/mol. The molecule has 1 heterocycles. The molecule has 0 aromatic carbocycles. The molecule has 80 valence electrons. The van der Waals surface area contributed by atoms with Crippen molar-refractivity contribution in [3.8, 4) is 0 Å². The second-order valence-electron chi connectivity index (χ2n) is 5.43. The third-order valence-corrected chi connectivity index (χ3v) is 5.47. The van der Waals surface area contributed by atoms with E-state index in [0.717, 1.165) is 23.9 Å². The first-order chi connectivity index (χ1) is 6.88. The Morgan fingerprint density at radius 1 is 1.14 bits per heavy atom. The second kappa shape index (κ2) is 3.79. The van der Waals surface area contributed by atoms with Gasteiger partial charge >= 0.3 is 0 Å². The van der Waals surface area contributed by atoms with Crippen LogP contribution in [-0.4, -0.2) is 28.9 Å². The molecule has 0 spiro atoms. The van der Waals surface area contributed by atoms with Crippen LogP contribution >= 0.6 is 15.9 Å². The fourth-order valence-electron chi connectivity index (χ4n) is 4.08. The molecule has 2 heteroatoms. The van der Waals surface area contributed by atoms with Gasteiger partial charge in [0, 0.05) is 17.4 Å². The van der Waals surface area contributed by atoms with E-state index in [1.165, 1.54) is 44.0 Å². The van der Waals surface area contributed by atoms with Gasteiger partial charge < -0.3 is 0 Å². The maximum absolute atomic E-state index is 3.68. The van der Waals surface area contributed by atoms with Gasteiger partial charge in [0.2, 0.25) is 0 Å². The largest absolute Gasteiger partial charge is 0.296 e. The van der Waals surface area contributed by atoms with Crippen molar-refractivity contribution < 1.29 is 0 Å². The van der Waals surface area contributed by atoms with Crippen molar-refractivity contribution in [3.63, 3.8) is 0 Å². The number of hydrogen-bond donors (Lipinski definition) is 0. The molecular weight excluding hydrogens is 238 g/mol. The van der Waals surface area contributed by atoms with E-state index in [4.69, 9.17) is 0 Å². The third-order valence-electron chi connectivity index (χ3n) is 4.73. The number of hydrogen-bond acceptors (Lipinski definition) is 1. The molecule has 4 atom stereocenters. The smallest absolute Gasteiger partial charge is 0.0196 e. The van der Waals surface area contributed by atoms with Gasteiger partial charge in [-0.25, -0.2) is 0 Å². The van der Waals surface area contributed by atoms with E-state index >= 15 is 0 Å². The molecule has 4 unspecified atom stereocenters. The Kier molecular flexibility index (Phi) is 2.61. The van der Waals surface area contributed by atoms with E-state index < -0.39 is 0 Å². The minimum absolute atomic E-state index is 0.861. The fourth-order valence-corrected chi connectivity index (χ4v) is 4.77. The van der Waals surface area contributed by atoms with Crippen LogP contribution in [0, 0.1) is 11.8 Å². The summed E-state index contributed by atoms with van der Waals surface area (Å²) in [4.78, 5) is 2.83. The van der Waals surface area contributed by atoms with Gasteiger partial charge in [-0.3, -0.25) is 4.90 Å². The van der Waals surface area contributed by atoms with Gasteiger partial charge in [0.15, 0.2) is 0 Å². The van der Waals surface area contributed by atoms with Gasteiger partial charge in [0.25, 0.3) is 0 Å². The third kappa shape index (κ3) is 1.46. The van der Waals surface area contributed by atoms with Crippen molar-refractivity contribution in [2.45, 2.75) is 50.6 Å². The highest BCUT2D eigenvalue weighted by Gasteiger charge is 2.44. The summed E-state index contributed by atoms with van der Waals surface area (Å²) in [6.45, 7) is 1.38. The predicted molar refractivity (Wildman–Crippen MR) is 62.8 cm³/mol. The molecule has 1 aliphatic heterocycles. The molecule has 14 heavy (non-hydrogen) atoms. The van der Waals surface area contributed by atoms with Crippen LogP contribution in [0.25, 0.3) is 0 Å². The lowest BCUT2D eigenvalue weighted by Crippen LogP contribution is -2.42. The molecule has 0 radical (unpaired) electrons. The number of nitrogens with zero attached hydrogens (tertiary/aromatic N) is 1. The monoisotopic (exact) mass is 257 g/mol. The normalized spacial score (nSPS) is 47.8. The summed E-state index contributed by atoms with van der Waals surface area (Å²) in [5.41, 5.74) is 0. The van der Waals surface area contributed by atoms with Crippen LogP contribution in [0.15, 0.2) is 0 Å². The Hall–Kier alpha value is 0.440. The molecule has 3 fully saturated rings. The minimum Gasteiger partial charge on any atom is -0.296 e. The van der Waals surface area contributed by atoms with Crippen LogP contribution in [0.3, 0.4) is 0 Å². The van der Waals surface area contributed by atoms with Gasteiger partial charge in [-0.1, -0.05) is 22.4 Å². The van der Waals surface area contributed by atoms with E-state index in [0.29, 0.717) is 0 Å². The second-order valence-corrected chi connectivity index (χ2v) is 6.08. The van der Waals surface area contributed by atoms with E-state index in [-0.39, 0.29) is 0 Å². The number of rotatable bonds is 2. The van der Waals surface area contributed by atoms with Gasteiger partial charge in [-0.15, -0.1) is 0 Å². The Labute approximate surface area is 95.4 Å². The van der Waals surface area contributed by atoms with Crippen molar-refractivity contribution in [2.75, 3.05) is 11.9 Å².